The maximum Gasteiger partial charge on any atom is 3.00 e. The number of rotatable bonds is 2. The Balaban J connectivity index is -0.000000270. The minimum Gasteiger partial charge on any atom is -0.677 e. The van der Waals surface area contributed by atoms with Crippen LogP contribution < -0.4 is 0 Å². The van der Waals surface area contributed by atoms with Crippen molar-refractivity contribution in [2.45, 2.75) is 6.42 Å². The van der Waals surface area contributed by atoms with Crippen LogP contribution in [0.4, 0.5) is 0 Å². The Kier molecular flexibility index (Phi) is 15.8. The minimum absolute atomic E-state index is 0. The van der Waals surface area contributed by atoms with E-state index in [1.54, 1.807) is 0 Å². The zero-order chi connectivity index (χ0) is 6.53. The molecule has 0 aliphatic carbocycles. The Morgan fingerprint density at radius 1 is 1.00 bits per heavy atom. The van der Waals surface area contributed by atoms with E-state index in [0.717, 1.165) is 6.42 Å². The summed E-state index contributed by atoms with van der Waals surface area (Å²) in [6.45, 7) is 0.490. The number of nitrogens with one attached hydrogen (secondary N) is 1. The summed E-state index contributed by atoms with van der Waals surface area (Å²) in [5.74, 6) is 0. The van der Waals surface area contributed by atoms with Gasteiger partial charge in [-0.3, -0.25) is 0 Å². The van der Waals surface area contributed by atoms with Crippen LogP contribution in [0, 0.1) is 14.9 Å². The van der Waals surface area contributed by atoms with Crippen LogP contribution in [-0.2, 0) is 6.42 Å². The molecule has 0 atom stereocenters. The molecule has 1 aromatic carbocycles. The molecule has 0 aromatic heterocycles. The van der Waals surface area contributed by atoms with Crippen molar-refractivity contribution in [1.82, 2.24) is 0 Å². The van der Waals surface area contributed by atoms with Crippen molar-refractivity contribution in [3.63, 3.8) is 0 Å². The van der Waals surface area contributed by atoms with Gasteiger partial charge in [-0.25, -0.2) is 0 Å². The standard InChI is InChI=1S/C8H10N.2CH3.Al/c9-7-6-8-4-2-1-3-5-8;;;/h1-5,9H,6-7H2;2*1H3;/q3*-1;+3. The Labute approximate surface area is 87.1 Å². The number of hydrogen-bond donors (Lipinski definition) is 0. The van der Waals surface area contributed by atoms with Gasteiger partial charge in [-0.05, 0) is 12.0 Å². The molecule has 1 aromatic rings. The molecule has 0 heterocycles. The van der Waals surface area contributed by atoms with E-state index < -0.39 is 0 Å². The van der Waals surface area contributed by atoms with E-state index in [4.69, 9.17) is 5.73 Å². The summed E-state index contributed by atoms with van der Waals surface area (Å²) in [5.41, 5.74) is 8.20. The van der Waals surface area contributed by atoms with Crippen LogP contribution in [0.1, 0.15) is 5.56 Å². The van der Waals surface area contributed by atoms with Crippen molar-refractivity contribution in [2.75, 3.05) is 6.54 Å². The van der Waals surface area contributed by atoms with Crippen LogP contribution in [0.25, 0.3) is 5.73 Å². The van der Waals surface area contributed by atoms with Crippen LogP contribution in [0.15, 0.2) is 30.3 Å². The molecule has 0 aliphatic heterocycles. The van der Waals surface area contributed by atoms with E-state index >= 15 is 0 Å². The molecule has 1 nitrogen and oxygen atoms in total. The third kappa shape index (κ3) is 6.42. The van der Waals surface area contributed by atoms with Gasteiger partial charge in [0, 0.05) is 0 Å². The van der Waals surface area contributed by atoms with E-state index in [1.165, 1.54) is 5.56 Å². The van der Waals surface area contributed by atoms with Gasteiger partial charge >= 0.3 is 17.4 Å². The first-order valence-corrected chi connectivity index (χ1v) is 3.12. The summed E-state index contributed by atoms with van der Waals surface area (Å²) in [5, 5.41) is 0. The van der Waals surface area contributed by atoms with Gasteiger partial charge in [-0.15, -0.1) is 6.54 Å². The first-order chi connectivity index (χ1) is 4.43. The van der Waals surface area contributed by atoms with Gasteiger partial charge in [0.15, 0.2) is 0 Å². The maximum atomic E-state index is 6.94. The zero-order valence-corrected chi connectivity index (χ0v) is 9.03. The second kappa shape index (κ2) is 10.7. The molecule has 1 rings (SSSR count). The van der Waals surface area contributed by atoms with E-state index in [1.807, 2.05) is 18.2 Å². The fourth-order valence-corrected chi connectivity index (χ4v) is 0.789. The second-order valence-corrected chi connectivity index (χ2v) is 1.99. The molecule has 64 valence electrons. The molecule has 0 saturated carbocycles. The van der Waals surface area contributed by atoms with Crippen molar-refractivity contribution in [1.29, 1.82) is 0 Å². The van der Waals surface area contributed by atoms with Crippen molar-refractivity contribution in [3.05, 3.63) is 56.5 Å². The van der Waals surface area contributed by atoms with Crippen molar-refractivity contribution >= 4 is 17.4 Å². The predicted molar refractivity (Wildman–Crippen MR) is 57.9 cm³/mol. The monoisotopic (exact) mass is 177 g/mol. The molecule has 0 spiro atoms. The first kappa shape index (κ1) is 17.7. The van der Waals surface area contributed by atoms with Gasteiger partial charge in [-0.2, -0.15) is 0 Å². The van der Waals surface area contributed by atoms with Gasteiger partial charge in [0.2, 0.25) is 0 Å². The second-order valence-electron chi connectivity index (χ2n) is 1.99. The molecule has 0 saturated heterocycles. The molecule has 0 aliphatic rings. The summed E-state index contributed by atoms with van der Waals surface area (Å²) in [7, 11) is 0. The summed E-state index contributed by atoms with van der Waals surface area (Å²) < 4.78 is 0. The normalized spacial score (nSPS) is 7.08. The summed E-state index contributed by atoms with van der Waals surface area (Å²) in [6, 6.07) is 10.1. The molecule has 2 heteroatoms. The molecular weight excluding hydrogens is 161 g/mol. The Morgan fingerprint density at radius 3 is 1.92 bits per heavy atom. The fraction of sp³-hybridized carbons (Fsp3) is 0.200. The van der Waals surface area contributed by atoms with E-state index in [9.17, 15) is 0 Å². The molecule has 0 bridgehead atoms. The van der Waals surface area contributed by atoms with Gasteiger partial charge in [0.25, 0.3) is 0 Å². The average molecular weight is 177 g/mol. The largest absolute Gasteiger partial charge is 3.00 e. The average Bonchev–Trinajstić information content (AvgIpc) is 1.91. The molecule has 1 N–H and O–H groups in total. The van der Waals surface area contributed by atoms with Gasteiger partial charge in [-0.1, -0.05) is 30.3 Å². The Morgan fingerprint density at radius 2 is 1.50 bits per heavy atom. The molecule has 12 heavy (non-hydrogen) atoms. The van der Waals surface area contributed by atoms with E-state index in [2.05, 4.69) is 12.1 Å². The predicted octanol–water partition coefficient (Wildman–Crippen LogP) is 2.80. The Bertz CT molecular complexity index is 163. The zero-order valence-electron chi connectivity index (χ0n) is 7.88. The van der Waals surface area contributed by atoms with E-state index in [0.29, 0.717) is 6.54 Å². The van der Waals surface area contributed by atoms with Crippen molar-refractivity contribution < 1.29 is 0 Å². The molecule has 0 amide bonds. The number of hydrogen-bond acceptors (Lipinski definition) is 0. The fourth-order valence-electron chi connectivity index (χ4n) is 0.789. The molecule has 0 radical (unpaired) electrons. The summed E-state index contributed by atoms with van der Waals surface area (Å²) in [6.07, 6.45) is 0.876. The van der Waals surface area contributed by atoms with Crippen LogP contribution in [0.2, 0.25) is 0 Å². The van der Waals surface area contributed by atoms with Crippen LogP contribution >= 0.6 is 0 Å². The Hall–Kier alpha value is -0.288. The van der Waals surface area contributed by atoms with E-state index in [-0.39, 0.29) is 32.2 Å². The summed E-state index contributed by atoms with van der Waals surface area (Å²) in [4.78, 5) is 0. The van der Waals surface area contributed by atoms with Gasteiger partial charge < -0.3 is 20.6 Å². The third-order valence-corrected chi connectivity index (χ3v) is 1.26. The number of benzene rings is 1. The maximum absolute atomic E-state index is 6.94. The van der Waals surface area contributed by atoms with Crippen molar-refractivity contribution in [2.24, 2.45) is 0 Å². The summed E-state index contributed by atoms with van der Waals surface area (Å²) >= 11 is 0. The molecule has 0 fully saturated rings. The van der Waals surface area contributed by atoms with Crippen molar-refractivity contribution in [3.8, 4) is 0 Å². The minimum atomic E-state index is 0. The SMILES string of the molecule is [Al+3].[CH3-].[CH3-].[NH-]CCc1ccccc1. The topological polar surface area (TPSA) is 23.8 Å². The first-order valence-electron chi connectivity index (χ1n) is 3.12. The smallest absolute Gasteiger partial charge is 0.677 e. The van der Waals surface area contributed by atoms with Gasteiger partial charge in [0.1, 0.15) is 0 Å². The van der Waals surface area contributed by atoms with Gasteiger partial charge in [0.05, 0.1) is 0 Å². The quantitative estimate of drug-likeness (QED) is 0.490. The van der Waals surface area contributed by atoms with Crippen LogP contribution in [-0.4, -0.2) is 23.9 Å². The molecule has 0 unspecified atom stereocenters. The van der Waals surface area contributed by atoms with Crippen LogP contribution in [0.5, 0.6) is 0 Å². The molecular formula is C10H16AlN. The van der Waals surface area contributed by atoms with Crippen LogP contribution in [0.3, 0.4) is 0 Å². The third-order valence-electron chi connectivity index (χ3n) is 1.26.